The summed E-state index contributed by atoms with van der Waals surface area (Å²) < 4.78 is 5.26. The summed E-state index contributed by atoms with van der Waals surface area (Å²) in [7, 11) is 1.72. The van der Waals surface area contributed by atoms with Crippen LogP contribution in [0.15, 0.2) is 29.3 Å². The Morgan fingerprint density at radius 1 is 1.16 bits per heavy atom. The SMILES string of the molecule is CCNC(=NCC1CCN(Cc2ccc(OC)cc2)CC1)NC1CN(C(C)C)CC1C.I. The molecule has 1 aromatic carbocycles. The van der Waals surface area contributed by atoms with Crippen LogP contribution in [0.1, 0.15) is 46.1 Å². The molecule has 2 saturated heterocycles. The number of benzene rings is 1. The van der Waals surface area contributed by atoms with Gasteiger partial charge in [-0.05, 0) is 76.2 Å². The van der Waals surface area contributed by atoms with Crippen molar-refractivity contribution in [2.24, 2.45) is 16.8 Å². The van der Waals surface area contributed by atoms with Gasteiger partial charge in [0.1, 0.15) is 5.75 Å². The molecule has 0 aromatic heterocycles. The lowest BCUT2D eigenvalue weighted by atomic mass is 9.96. The van der Waals surface area contributed by atoms with Gasteiger partial charge < -0.3 is 15.4 Å². The molecule has 7 heteroatoms. The minimum atomic E-state index is 0. The molecule has 2 aliphatic heterocycles. The summed E-state index contributed by atoms with van der Waals surface area (Å²) in [4.78, 5) is 10.1. The van der Waals surface area contributed by atoms with E-state index >= 15 is 0 Å². The lowest BCUT2D eigenvalue weighted by Crippen LogP contribution is -2.47. The molecule has 2 aliphatic rings. The first-order valence-corrected chi connectivity index (χ1v) is 12.1. The number of halogens is 1. The highest BCUT2D eigenvalue weighted by Crippen LogP contribution is 2.21. The van der Waals surface area contributed by atoms with Gasteiger partial charge in [0.25, 0.3) is 0 Å². The Morgan fingerprint density at radius 2 is 1.84 bits per heavy atom. The molecule has 2 unspecified atom stereocenters. The second-order valence-electron chi connectivity index (χ2n) is 9.56. The number of nitrogens with zero attached hydrogens (tertiary/aromatic N) is 3. The molecule has 182 valence electrons. The van der Waals surface area contributed by atoms with Crippen LogP contribution in [0.4, 0.5) is 0 Å². The van der Waals surface area contributed by atoms with Crippen molar-refractivity contribution in [2.75, 3.05) is 46.4 Å². The lowest BCUT2D eigenvalue weighted by molar-refractivity contribution is 0.180. The molecule has 2 heterocycles. The molecule has 0 spiro atoms. The topological polar surface area (TPSA) is 52.1 Å². The first-order chi connectivity index (χ1) is 15.0. The Labute approximate surface area is 212 Å². The van der Waals surface area contributed by atoms with Crippen molar-refractivity contribution >= 4 is 29.9 Å². The van der Waals surface area contributed by atoms with E-state index in [4.69, 9.17) is 9.73 Å². The quantitative estimate of drug-likeness (QED) is 0.289. The van der Waals surface area contributed by atoms with E-state index in [0.717, 1.165) is 51.0 Å². The fraction of sp³-hybridized carbons (Fsp3) is 0.720. The van der Waals surface area contributed by atoms with Crippen LogP contribution in [0.3, 0.4) is 0 Å². The number of methoxy groups -OCH3 is 1. The molecule has 2 N–H and O–H groups in total. The van der Waals surface area contributed by atoms with Crippen LogP contribution in [0.5, 0.6) is 5.75 Å². The third-order valence-electron chi connectivity index (χ3n) is 6.82. The Hall–Kier alpha value is -1.06. The van der Waals surface area contributed by atoms with Crippen molar-refractivity contribution in [3.05, 3.63) is 29.8 Å². The lowest BCUT2D eigenvalue weighted by Gasteiger charge is -2.31. The molecule has 1 aromatic rings. The number of hydrogen-bond donors (Lipinski definition) is 2. The fourth-order valence-corrected chi connectivity index (χ4v) is 4.65. The first kappa shape index (κ1) is 27.2. The molecule has 0 radical (unpaired) electrons. The number of hydrogen-bond acceptors (Lipinski definition) is 4. The van der Waals surface area contributed by atoms with E-state index in [1.54, 1.807) is 7.11 Å². The van der Waals surface area contributed by atoms with E-state index in [0.29, 0.717) is 23.9 Å². The standard InChI is InChI=1S/C25H43N5O.HI/c1-6-26-25(28-24-18-30(19(2)3)16-20(24)4)27-15-21-11-13-29(14-12-21)17-22-7-9-23(31-5)10-8-22;/h7-10,19-21,24H,6,11-18H2,1-5H3,(H2,26,27,28);1H. The van der Waals surface area contributed by atoms with Crippen LogP contribution >= 0.6 is 24.0 Å². The molecule has 0 aliphatic carbocycles. The molecule has 0 amide bonds. The Morgan fingerprint density at radius 3 is 2.41 bits per heavy atom. The Bertz CT molecular complexity index is 688. The minimum absolute atomic E-state index is 0. The zero-order valence-electron chi connectivity index (χ0n) is 20.6. The molecular formula is C25H44IN5O. The van der Waals surface area contributed by atoms with Gasteiger partial charge in [-0.3, -0.25) is 14.8 Å². The highest BCUT2D eigenvalue weighted by atomic mass is 127. The van der Waals surface area contributed by atoms with E-state index in [1.165, 1.54) is 24.9 Å². The summed E-state index contributed by atoms with van der Waals surface area (Å²) in [6.45, 7) is 16.5. The number of aliphatic imine (C=N–C) groups is 1. The molecular weight excluding hydrogens is 513 g/mol. The van der Waals surface area contributed by atoms with Gasteiger partial charge >= 0.3 is 0 Å². The number of guanidine groups is 1. The Kier molecular flexibility index (Phi) is 11.6. The van der Waals surface area contributed by atoms with Crippen molar-refractivity contribution < 1.29 is 4.74 Å². The van der Waals surface area contributed by atoms with Gasteiger partial charge in [-0.25, -0.2) is 0 Å². The van der Waals surface area contributed by atoms with Crippen molar-refractivity contribution in [3.8, 4) is 5.75 Å². The number of rotatable bonds is 8. The Balaban J connectivity index is 0.00000363. The zero-order valence-corrected chi connectivity index (χ0v) is 23.0. The summed E-state index contributed by atoms with van der Waals surface area (Å²) in [6, 6.07) is 9.54. The van der Waals surface area contributed by atoms with Gasteiger partial charge in [0.2, 0.25) is 0 Å². The molecule has 3 rings (SSSR count). The highest BCUT2D eigenvalue weighted by molar-refractivity contribution is 14.0. The summed E-state index contributed by atoms with van der Waals surface area (Å²) in [5, 5.41) is 7.18. The second kappa shape index (κ2) is 13.6. The van der Waals surface area contributed by atoms with Crippen LogP contribution < -0.4 is 15.4 Å². The van der Waals surface area contributed by atoms with Crippen LogP contribution in [0, 0.1) is 11.8 Å². The van der Waals surface area contributed by atoms with E-state index in [-0.39, 0.29) is 24.0 Å². The number of likely N-dealkylation sites (tertiary alicyclic amines) is 2. The average Bonchev–Trinajstić information content (AvgIpc) is 3.14. The molecule has 6 nitrogen and oxygen atoms in total. The third kappa shape index (κ3) is 8.06. The van der Waals surface area contributed by atoms with Crippen molar-refractivity contribution in [3.63, 3.8) is 0 Å². The summed E-state index contributed by atoms with van der Waals surface area (Å²) >= 11 is 0. The number of nitrogens with one attached hydrogen (secondary N) is 2. The summed E-state index contributed by atoms with van der Waals surface area (Å²) in [5.41, 5.74) is 1.36. The van der Waals surface area contributed by atoms with Crippen LogP contribution in [0.2, 0.25) is 0 Å². The summed E-state index contributed by atoms with van der Waals surface area (Å²) in [6.07, 6.45) is 2.44. The molecule has 0 saturated carbocycles. The fourth-order valence-electron chi connectivity index (χ4n) is 4.65. The normalized spacial score (nSPS) is 23.2. The maximum Gasteiger partial charge on any atom is 0.191 e. The number of ether oxygens (including phenoxy) is 1. The maximum absolute atomic E-state index is 5.26. The van der Waals surface area contributed by atoms with Crippen LogP contribution in [-0.2, 0) is 6.54 Å². The third-order valence-corrected chi connectivity index (χ3v) is 6.82. The van der Waals surface area contributed by atoms with E-state index in [1.807, 2.05) is 0 Å². The van der Waals surface area contributed by atoms with Gasteiger partial charge in [0.15, 0.2) is 5.96 Å². The van der Waals surface area contributed by atoms with Gasteiger partial charge in [-0.15, -0.1) is 24.0 Å². The minimum Gasteiger partial charge on any atom is -0.497 e. The second-order valence-corrected chi connectivity index (χ2v) is 9.56. The summed E-state index contributed by atoms with van der Waals surface area (Å²) in [5.74, 6) is 3.24. The van der Waals surface area contributed by atoms with Gasteiger partial charge in [-0.1, -0.05) is 19.1 Å². The smallest absolute Gasteiger partial charge is 0.191 e. The average molecular weight is 558 g/mol. The van der Waals surface area contributed by atoms with Gasteiger partial charge in [0.05, 0.1) is 7.11 Å². The highest BCUT2D eigenvalue weighted by Gasteiger charge is 2.31. The molecule has 2 atom stereocenters. The maximum atomic E-state index is 5.26. The zero-order chi connectivity index (χ0) is 22.2. The van der Waals surface area contributed by atoms with Crippen LogP contribution in [-0.4, -0.2) is 74.2 Å². The predicted octanol–water partition coefficient (Wildman–Crippen LogP) is 3.81. The molecule has 0 bridgehead atoms. The molecule has 32 heavy (non-hydrogen) atoms. The largest absolute Gasteiger partial charge is 0.497 e. The first-order valence-electron chi connectivity index (χ1n) is 12.1. The molecule has 2 fully saturated rings. The van der Waals surface area contributed by atoms with E-state index in [2.05, 4.69) is 72.4 Å². The van der Waals surface area contributed by atoms with E-state index in [9.17, 15) is 0 Å². The van der Waals surface area contributed by atoms with Gasteiger partial charge in [0, 0.05) is 44.8 Å². The number of piperidine rings is 1. The van der Waals surface area contributed by atoms with Crippen molar-refractivity contribution in [1.29, 1.82) is 0 Å². The van der Waals surface area contributed by atoms with Crippen molar-refractivity contribution in [2.45, 2.75) is 59.2 Å². The van der Waals surface area contributed by atoms with Crippen LogP contribution in [0.25, 0.3) is 0 Å². The predicted molar refractivity (Wildman–Crippen MR) is 145 cm³/mol. The van der Waals surface area contributed by atoms with Crippen molar-refractivity contribution in [1.82, 2.24) is 20.4 Å². The monoisotopic (exact) mass is 557 g/mol. The van der Waals surface area contributed by atoms with E-state index < -0.39 is 0 Å². The van der Waals surface area contributed by atoms with Gasteiger partial charge in [-0.2, -0.15) is 0 Å².